The van der Waals surface area contributed by atoms with E-state index in [1.54, 1.807) is 0 Å². The Balaban J connectivity index is 2.50. The fraction of sp³-hybridized carbons (Fsp3) is 0.429. The molecule has 0 heterocycles. The van der Waals surface area contributed by atoms with Crippen molar-refractivity contribution in [2.24, 2.45) is 0 Å². The normalized spacial score (nSPS) is 13.2. The Kier molecular flexibility index (Phi) is 10.5. The van der Waals surface area contributed by atoms with Gasteiger partial charge in [0.25, 0.3) is 0 Å². The van der Waals surface area contributed by atoms with Crippen molar-refractivity contribution in [3.05, 3.63) is 52.0 Å². The van der Waals surface area contributed by atoms with Gasteiger partial charge in [-0.3, -0.25) is 0 Å². The first kappa shape index (κ1) is 29.1. The van der Waals surface area contributed by atoms with E-state index in [1.807, 2.05) is 13.8 Å². The van der Waals surface area contributed by atoms with E-state index >= 15 is 0 Å². The van der Waals surface area contributed by atoms with E-state index in [9.17, 15) is 26.5 Å². The number of nitrogens with one attached hydrogen (secondary N) is 1. The maximum atomic E-state index is 13.2. The van der Waals surface area contributed by atoms with Crippen LogP contribution in [0.3, 0.4) is 0 Å². The summed E-state index contributed by atoms with van der Waals surface area (Å²) in [5.41, 5.74) is -1.45. The third-order valence-electron chi connectivity index (χ3n) is 4.71. The molecule has 0 atom stereocenters. The molecule has 2 rings (SSSR count). The van der Waals surface area contributed by atoms with Gasteiger partial charge in [-0.1, -0.05) is 0 Å². The van der Waals surface area contributed by atoms with Gasteiger partial charge in [0.05, 0.1) is 0 Å². The van der Waals surface area contributed by atoms with Crippen LogP contribution in [0.2, 0.25) is 10.0 Å². The van der Waals surface area contributed by atoms with E-state index in [1.165, 1.54) is 18.2 Å². The molecule has 6 nitrogen and oxygen atoms in total. The molecular formula is C21H27Cl2F3NO5PS. The van der Waals surface area contributed by atoms with Gasteiger partial charge < -0.3 is 0 Å². The van der Waals surface area contributed by atoms with E-state index in [2.05, 4.69) is 4.72 Å². The Morgan fingerprint density at radius 2 is 1.59 bits per heavy atom. The van der Waals surface area contributed by atoms with Gasteiger partial charge in [0, 0.05) is 0 Å². The summed E-state index contributed by atoms with van der Waals surface area (Å²) in [5, 5.41) is -0.463. The molecule has 0 bridgehead atoms. The van der Waals surface area contributed by atoms with Crippen molar-refractivity contribution in [2.75, 3.05) is 17.9 Å². The predicted molar refractivity (Wildman–Crippen MR) is 131 cm³/mol. The fourth-order valence-electron chi connectivity index (χ4n) is 2.88. The SMILES string of the molecule is CCCCO[PH](O)(OCCCC)c1ccc(Cl)cc1NS(=O)(=O)c1ccc(Cl)c(C(F)(F)F)c1. The van der Waals surface area contributed by atoms with Gasteiger partial charge in [0.15, 0.2) is 0 Å². The van der Waals surface area contributed by atoms with Gasteiger partial charge in [-0.15, -0.1) is 0 Å². The summed E-state index contributed by atoms with van der Waals surface area (Å²) in [7, 11) is -8.63. The Morgan fingerprint density at radius 3 is 2.12 bits per heavy atom. The second kappa shape index (κ2) is 12.2. The Morgan fingerprint density at radius 1 is 1.00 bits per heavy atom. The summed E-state index contributed by atoms with van der Waals surface area (Å²) in [6.07, 6.45) is -2.01. The zero-order chi connectivity index (χ0) is 25.6. The quantitative estimate of drug-likeness (QED) is 0.225. The zero-order valence-corrected chi connectivity index (χ0v) is 21.9. The van der Waals surface area contributed by atoms with Crippen LogP contribution in [0.1, 0.15) is 45.1 Å². The molecule has 0 spiro atoms. The van der Waals surface area contributed by atoms with E-state index in [0.717, 1.165) is 25.0 Å². The van der Waals surface area contributed by atoms with Crippen molar-refractivity contribution in [3.63, 3.8) is 0 Å². The van der Waals surface area contributed by atoms with Gasteiger partial charge in [0.1, 0.15) is 0 Å². The predicted octanol–water partition coefficient (Wildman–Crippen LogP) is 6.56. The maximum absolute atomic E-state index is 13.2. The summed E-state index contributed by atoms with van der Waals surface area (Å²) < 4.78 is 79.3. The fourth-order valence-corrected chi connectivity index (χ4v) is 6.46. The van der Waals surface area contributed by atoms with Crippen LogP contribution in [0, 0.1) is 0 Å². The zero-order valence-electron chi connectivity index (χ0n) is 18.6. The van der Waals surface area contributed by atoms with Crippen molar-refractivity contribution in [2.45, 2.75) is 50.6 Å². The summed E-state index contributed by atoms with van der Waals surface area (Å²) >= 11 is 11.7. The minimum absolute atomic E-state index is 0.0395. The van der Waals surface area contributed by atoms with Crippen LogP contribution in [0.15, 0.2) is 41.3 Å². The number of hydrogen-bond acceptors (Lipinski definition) is 5. The number of halogens is 5. The molecule has 0 saturated carbocycles. The van der Waals surface area contributed by atoms with Crippen molar-refractivity contribution < 1.29 is 35.5 Å². The number of hydrogen-bond donors (Lipinski definition) is 2. The molecule has 0 aliphatic heterocycles. The van der Waals surface area contributed by atoms with Crippen molar-refractivity contribution in [1.82, 2.24) is 0 Å². The summed E-state index contributed by atoms with van der Waals surface area (Å²) in [6, 6.07) is 6.29. The number of unbranched alkanes of at least 4 members (excludes halogenated alkanes) is 2. The van der Waals surface area contributed by atoms with Gasteiger partial charge in [-0.2, -0.15) is 0 Å². The Bertz CT molecular complexity index is 1080. The molecule has 0 saturated heterocycles. The number of anilines is 1. The third-order valence-corrected chi connectivity index (χ3v) is 8.95. The molecule has 0 fully saturated rings. The monoisotopic (exact) mass is 563 g/mol. The van der Waals surface area contributed by atoms with Gasteiger partial charge >= 0.3 is 208 Å². The van der Waals surface area contributed by atoms with Gasteiger partial charge in [-0.25, -0.2) is 0 Å². The molecule has 34 heavy (non-hydrogen) atoms. The molecule has 2 aromatic rings. The number of benzene rings is 2. The standard InChI is InChI=1S/C21H27Cl2F3NO5PS/c1-3-5-11-31-33(28,32-12-6-4-2)20-10-7-15(22)13-19(20)27-34(29,30)16-8-9-18(23)17(14-16)21(24,25)26/h7-10,13-14,27-28,33H,3-6,11-12H2,1-2H3. The topological polar surface area (TPSA) is 84.9 Å². The van der Waals surface area contributed by atoms with E-state index in [4.69, 9.17) is 32.2 Å². The second-order valence-electron chi connectivity index (χ2n) is 7.42. The van der Waals surface area contributed by atoms with Crippen LogP contribution >= 0.6 is 31.1 Å². The summed E-state index contributed by atoms with van der Waals surface area (Å²) in [4.78, 5) is 10.6. The van der Waals surface area contributed by atoms with Crippen LogP contribution in [-0.2, 0) is 25.2 Å². The Labute approximate surface area is 208 Å². The number of rotatable bonds is 12. The second-order valence-corrected chi connectivity index (χ2v) is 12.2. The van der Waals surface area contributed by atoms with Crippen LogP contribution < -0.4 is 10.0 Å². The van der Waals surface area contributed by atoms with E-state index < -0.39 is 39.6 Å². The first-order valence-corrected chi connectivity index (χ1v) is 14.5. The van der Waals surface area contributed by atoms with Crippen LogP contribution in [0.5, 0.6) is 0 Å². The van der Waals surface area contributed by atoms with Crippen molar-refractivity contribution >= 4 is 52.2 Å². The molecule has 192 valence electrons. The summed E-state index contributed by atoms with van der Waals surface area (Å²) in [6.45, 7) is 4.22. The third kappa shape index (κ3) is 7.68. The van der Waals surface area contributed by atoms with Crippen LogP contribution in [-0.4, -0.2) is 26.5 Å². The molecule has 2 N–H and O–H groups in total. The van der Waals surface area contributed by atoms with E-state index in [-0.39, 0.29) is 29.2 Å². The molecule has 0 aliphatic carbocycles. The Hall–Kier alpha value is -1.13. The molecule has 0 aromatic heterocycles. The number of sulfonamides is 1. The molecule has 0 unspecified atom stereocenters. The first-order chi connectivity index (χ1) is 15.8. The van der Waals surface area contributed by atoms with E-state index in [0.29, 0.717) is 18.9 Å². The van der Waals surface area contributed by atoms with Crippen LogP contribution in [0.4, 0.5) is 18.9 Å². The van der Waals surface area contributed by atoms with Gasteiger partial charge in [0.2, 0.25) is 0 Å². The van der Waals surface area contributed by atoms with Crippen molar-refractivity contribution in [3.8, 4) is 0 Å². The van der Waals surface area contributed by atoms with Gasteiger partial charge in [-0.05, 0) is 0 Å². The average Bonchev–Trinajstić information content (AvgIpc) is 2.73. The molecule has 0 amide bonds. The molecule has 0 aliphatic rings. The first-order valence-electron chi connectivity index (χ1n) is 10.5. The number of alkyl halides is 3. The molecule has 0 radical (unpaired) electrons. The van der Waals surface area contributed by atoms with Crippen LogP contribution in [0.25, 0.3) is 0 Å². The van der Waals surface area contributed by atoms with Crippen molar-refractivity contribution in [1.29, 1.82) is 0 Å². The molecule has 13 heteroatoms. The molecule has 2 aromatic carbocycles. The average molecular weight is 564 g/mol. The molecular weight excluding hydrogens is 537 g/mol. The summed E-state index contributed by atoms with van der Waals surface area (Å²) in [5.74, 6) is 0. The minimum atomic E-state index is -4.85.